The number of ether oxygens (including phenoxy) is 1. The molecule has 1 saturated carbocycles. The van der Waals surface area contributed by atoms with E-state index in [9.17, 15) is 0 Å². The van der Waals surface area contributed by atoms with Gasteiger partial charge in [0, 0.05) is 19.1 Å². The molecular weight excluding hydrogens is 178 g/mol. The van der Waals surface area contributed by atoms with Gasteiger partial charge in [0.25, 0.3) is 0 Å². The summed E-state index contributed by atoms with van der Waals surface area (Å²) in [6.07, 6.45) is 5.54. The Hall–Kier alpha value is -0.160. The minimum absolute atomic E-state index is 0.167. The maximum Gasteiger partial charge on any atom is 0.0665 e. The van der Waals surface area contributed by atoms with Crippen molar-refractivity contribution >= 4 is 0 Å². The number of nitrogens with two attached hydrogens (primary N) is 1. The Kier molecular flexibility index (Phi) is 2.06. The van der Waals surface area contributed by atoms with Crippen LogP contribution in [0.15, 0.2) is 0 Å². The molecule has 0 radical (unpaired) electrons. The third-order valence-electron chi connectivity index (χ3n) is 3.56. The Bertz CT molecular complexity index is 231. The predicted molar refractivity (Wildman–Crippen MR) is 53.6 cm³/mol. The van der Waals surface area contributed by atoms with Gasteiger partial charge in [0.05, 0.1) is 18.2 Å². The molecule has 0 aromatic rings. The van der Waals surface area contributed by atoms with E-state index in [0.29, 0.717) is 12.1 Å². The van der Waals surface area contributed by atoms with Crippen LogP contribution in [0.3, 0.4) is 0 Å². The minimum atomic E-state index is 0.167. The molecule has 0 aromatic carbocycles. The summed E-state index contributed by atoms with van der Waals surface area (Å²) in [5.41, 5.74) is 0.167. The molecule has 4 nitrogen and oxygen atoms in total. The Morgan fingerprint density at radius 2 is 2.29 bits per heavy atom. The average molecular weight is 197 g/mol. The van der Waals surface area contributed by atoms with E-state index < -0.39 is 0 Å². The van der Waals surface area contributed by atoms with Gasteiger partial charge in [0.15, 0.2) is 0 Å². The second kappa shape index (κ2) is 3.17. The highest BCUT2D eigenvalue weighted by Gasteiger charge is 2.44. The van der Waals surface area contributed by atoms with Crippen molar-refractivity contribution in [2.45, 2.75) is 43.4 Å². The van der Waals surface area contributed by atoms with Crippen LogP contribution in [0.2, 0.25) is 0 Å². The fraction of sp³-hybridized carbons (Fsp3) is 1.00. The summed E-state index contributed by atoms with van der Waals surface area (Å²) in [7, 11) is 0. The lowest BCUT2D eigenvalue weighted by molar-refractivity contribution is 0.0281. The number of piperazine rings is 1. The molecule has 0 spiro atoms. The van der Waals surface area contributed by atoms with Crippen LogP contribution in [0.25, 0.3) is 0 Å². The van der Waals surface area contributed by atoms with E-state index in [1.807, 2.05) is 5.01 Å². The molecule has 80 valence electrons. The lowest BCUT2D eigenvalue weighted by atomic mass is 9.99. The molecule has 1 aliphatic carbocycles. The molecule has 2 heterocycles. The number of hydrazine groups is 1. The normalized spacial score (nSPS) is 43.1. The second-order valence-electron chi connectivity index (χ2n) is 5.10. The van der Waals surface area contributed by atoms with Gasteiger partial charge >= 0.3 is 0 Å². The Balaban J connectivity index is 1.62. The largest absolute Gasteiger partial charge is 0.376 e. The predicted octanol–water partition coefficient (Wildman–Crippen LogP) is -0.155. The van der Waals surface area contributed by atoms with Gasteiger partial charge in [0.2, 0.25) is 0 Å². The van der Waals surface area contributed by atoms with Crippen LogP contribution in [-0.4, -0.2) is 42.4 Å². The highest BCUT2D eigenvalue weighted by Crippen LogP contribution is 2.31. The Morgan fingerprint density at radius 3 is 3.07 bits per heavy atom. The van der Waals surface area contributed by atoms with Gasteiger partial charge in [-0.3, -0.25) is 5.84 Å². The minimum Gasteiger partial charge on any atom is -0.376 e. The zero-order chi connectivity index (χ0) is 9.60. The van der Waals surface area contributed by atoms with Crippen LogP contribution in [0, 0.1) is 0 Å². The molecule has 3 N–H and O–H groups in total. The molecule has 0 amide bonds. The van der Waals surface area contributed by atoms with Crippen LogP contribution in [0.4, 0.5) is 0 Å². The molecule has 4 heteroatoms. The van der Waals surface area contributed by atoms with Crippen molar-refractivity contribution in [1.82, 2.24) is 10.3 Å². The van der Waals surface area contributed by atoms with Crippen molar-refractivity contribution in [2.24, 2.45) is 5.84 Å². The van der Waals surface area contributed by atoms with Crippen LogP contribution in [0.1, 0.15) is 25.7 Å². The number of nitrogens with one attached hydrogen (secondary N) is 1. The van der Waals surface area contributed by atoms with Gasteiger partial charge < -0.3 is 10.1 Å². The van der Waals surface area contributed by atoms with Crippen molar-refractivity contribution < 1.29 is 4.74 Å². The van der Waals surface area contributed by atoms with E-state index in [0.717, 1.165) is 19.7 Å². The fourth-order valence-corrected chi connectivity index (χ4v) is 2.70. The second-order valence-corrected chi connectivity index (χ2v) is 5.10. The van der Waals surface area contributed by atoms with Gasteiger partial charge in [-0.05, 0) is 25.7 Å². The topological polar surface area (TPSA) is 50.5 Å². The maximum absolute atomic E-state index is 5.90. The molecule has 14 heavy (non-hydrogen) atoms. The Labute approximate surface area is 84.7 Å². The van der Waals surface area contributed by atoms with Gasteiger partial charge in [-0.25, -0.2) is 5.01 Å². The molecule has 2 atom stereocenters. The number of hydrogen-bond donors (Lipinski definition) is 2. The van der Waals surface area contributed by atoms with Crippen molar-refractivity contribution in [3.05, 3.63) is 0 Å². The SMILES string of the molecule is NN1CC2CCC(COC3CC3)(C1)N2. The van der Waals surface area contributed by atoms with Gasteiger partial charge in [-0.1, -0.05) is 0 Å². The fourth-order valence-electron chi connectivity index (χ4n) is 2.70. The first-order valence-electron chi connectivity index (χ1n) is 5.65. The summed E-state index contributed by atoms with van der Waals surface area (Å²) in [5.74, 6) is 5.90. The molecule has 2 unspecified atom stereocenters. The van der Waals surface area contributed by atoms with Crippen LogP contribution in [-0.2, 0) is 4.74 Å². The lowest BCUT2D eigenvalue weighted by Gasteiger charge is -2.39. The number of hydrogen-bond acceptors (Lipinski definition) is 4. The smallest absolute Gasteiger partial charge is 0.0665 e. The number of fused-ring (bicyclic) bond motifs is 2. The number of rotatable bonds is 3. The van der Waals surface area contributed by atoms with Crippen LogP contribution >= 0.6 is 0 Å². The first-order valence-corrected chi connectivity index (χ1v) is 5.65. The average Bonchev–Trinajstić information content (AvgIpc) is 2.91. The summed E-state index contributed by atoms with van der Waals surface area (Å²) in [4.78, 5) is 0. The van der Waals surface area contributed by atoms with E-state index in [4.69, 9.17) is 10.6 Å². The van der Waals surface area contributed by atoms with E-state index in [2.05, 4.69) is 5.32 Å². The molecule has 3 fully saturated rings. The van der Waals surface area contributed by atoms with E-state index in [1.54, 1.807) is 0 Å². The highest BCUT2D eigenvalue weighted by atomic mass is 16.5. The zero-order valence-corrected chi connectivity index (χ0v) is 8.54. The van der Waals surface area contributed by atoms with Gasteiger partial charge in [-0.15, -0.1) is 0 Å². The van der Waals surface area contributed by atoms with Crippen molar-refractivity contribution in [3.8, 4) is 0 Å². The highest BCUT2D eigenvalue weighted by molar-refractivity contribution is 5.04. The third kappa shape index (κ3) is 1.67. The Morgan fingerprint density at radius 1 is 1.43 bits per heavy atom. The quantitative estimate of drug-likeness (QED) is 0.618. The molecule has 2 aliphatic heterocycles. The molecule has 3 rings (SSSR count). The third-order valence-corrected chi connectivity index (χ3v) is 3.56. The van der Waals surface area contributed by atoms with Crippen LogP contribution < -0.4 is 11.2 Å². The van der Waals surface area contributed by atoms with Crippen molar-refractivity contribution in [2.75, 3.05) is 19.7 Å². The van der Waals surface area contributed by atoms with Gasteiger partial charge in [0.1, 0.15) is 0 Å². The van der Waals surface area contributed by atoms with Crippen LogP contribution in [0.5, 0.6) is 0 Å². The molecular formula is C10H19N3O. The van der Waals surface area contributed by atoms with Crippen molar-refractivity contribution in [1.29, 1.82) is 0 Å². The first-order chi connectivity index (χ1) is 6.76. The number of nitrogens with zero attached hydrogens (tertiary/aromatic N) is 1. The molecule has 3 aliphatic rings. The first kappa shape index (κ1) is 9.09. The van der Waals surface area contributed by atoms with E-state index in [-0.39, 0.29) is 5.54 Å². The summed E-state index contributed by atoms with van der Waals surface area (Å²) < 4.78 is 5.82. The van der Waals surface area contributed by atoms with E-state index >= 15 is 0 Å². The summed E-state index contributed by atoms with van der Waals surface area (Å²) in [6, 6.07) is 0.594. The van der Waals surface area contributed by atoms with Gasteiger partial charge in [-0.2, -0.15) is 0 Å². The molecule has 2 saturated heterocycles. The van der Waals surface area contributed by atoms with Crippen molar-refractivity contribution in [3.63, 3.8) is 0 Å². The zero-order valence-electron chi connectivity index (χ0n) is 8.54. The lowest BCUT2D eigenvalue weighted by Crippen LogP contribution is -2.63. The summed E-state index contributed by atoms with van der Waals surface area (Å²) in [6.45, 7) is 2.78. The summed E-state index contributed by atoms with van der Waals surface area (Å²) >= 11 is 0. The van der Waals surface area contributed by atoms with E-state index in [1.165, 1.54) is 25.7 Å². The summed E-state index contributed by atoms with van der Waals surface area (Å²) in [5, 5.41) is 5.62. The maximum atomic E-state index is 5.90. The molecule has 2 bridgehead atoms. The monoisotopic (exact) mass is 197 g/mol. The standard InChI is InChI=1S/C10H19N3O/c11-13-5-8-3-4-10(6-13,12-8)7-14-9-1-2-9/h8-9,12H,1-7,11H2. The molecule has 0 aromatic heterocycles.